The van der Waals surface area contributed by atoms with E-state index in [1.807, 2.05) is 0 Å². The Morgan fingerprint density at radius 2 is 1.90 bits per heavy atom. The zero-order valence-electron chi connectivity index (χ0n) is 13.7. The summed E-state index contributed by atoms with van der Waals surface area (Å²) in [7, 11) is 0. The van der Waals surface area contributed by atoms with Crippen LogP contribution >= 0.6 is 0 Å². The highest BCUT2D eigenvalue weighted by atomic mass is 16.6. The fourth-order valence-corrected chi connectivity index (χ4v) is 4.08. The van der Waals surface area contributed by atoms with Crippen LogP contribution in [0.4, 0.5) is 0 Å². The van der Waals surface area contributed by atoms with Gasteiger partial charge in [0.15, 0.2) is 0 Å². The number of allylic oxidation sites excluding steroid dienone is 1. The van der Waals surface area contributed by atoms with Crippen molar-refractivity contribution in [3.05, 3.63) is 23.3 Å². The van der Waals surface area contributed by atoms with Gasteiger partial charge in [-0.15, -0.1) is 0 Å². The predicted molar refractivity (Wildman–Crippen MR) is 84.9 cm³/mol. The lowest BCUT2D eigenvalue weighted by atomic mass is 9.72. The fraction of sp³-hybridized carbons (Fsp3) is 0.737. The molecule has 0 bridgehead atoms. The molecule has 2 heteroatoms. The van der Waals surface area contributed by atoms with Gasteiger partial charge in [0, 0.05) is 0 Å². The van der Waals surface area contributed by atoms with Gasteiger partial charge >= 0.3 is 5.97 Å². The summed E-state index contributed by atoms with van der Waals surface area (Å²) in [5, 5.41) is 0. The molecular weight excluding hydrogens is 260 g/mol. The molecule has 1 aliphatic heterocycles. The Kier molecular flexibility index (Phi) is 3.75. The summed E-state index contributed by atoms with van der Waals surface area (Å²) in [5.74, 6) is 0.653. The molecule has 0 amide bonds. The Labute approximate surface area is 128 Å². The highest BCUT2D eigenvalue weighted by Crippen LogP contribution is 2.43. The second kappa shape index (κ2) is 5.30. The van der Waals surface area contributed by atoms with Gasteiger partial charge in [0.1, 0.15) is 5.60 Å². The van der Waals surface area contributed by atoms with Crippen molar-refractivity contribution in [3.63, 3.8) is 0 Å². The van der Waals surface area contributed by atoms with E-state index < -0.39 is 0 Å². The Balaban J connectivity index is 1.76. The molecule has 0 aromatic carbocycles. The van der Waals surface area contributed by atoms with E-state index in [1.54, 1.807) is 0 Å². The van der Waals surface area contributed by atoms with E-state index >= 15 is 0 Å². The average molecular weight is 288 g/mol. The number of esters is 1. The van der Waals surface area contributed by atoms with Crippen LogP contribution in [-0.4, -0.2) is 11.6 Å². The third-order valence-electron chi connectivity index (χ3n) is 5.60. The average Bonchev–Trinajstić information content (AvgIpc) is 2.75. The monoisotopic (exact) mass is 288 g/mol. The molecule has 2 aliphatic carbocycles. The van der Waals surface area contributed by atoms with E-state index in [-0.39, 0.29) is 11.6 Å². The number of hydrogen-bond acceptors (Lipinski definition) is 2. The van der Waals surface area contributed by atoms with Crippen LogP contribution in [0.1, 0.15) is 72.1 Å². The summed E-state index contributed by atoms with van der Waals surface area (Å²) >= 11 is 0. The number of rotatable bonds is 1. The third-order valence-corrected chi connectivity index (χ3v) is 5.60. The highest BCUT2D eigenvalue weighted by Gasteiger charge is 2.42. The smallest absolute Gasteiger partial charge is 0.339 e. The van der Waals surface area contributed by atoms with Crippen molar-refractivity contribution in [1.29, 1.82) is 0 Å². The maximum atomic E-state index is 12.3. The van der Waals surface area contributed by atoms with Gasteiger partial charge in [0.2, 0.25) is 0 Å². The molecule has 0 aromatic heterocycles. The van der Waals surface area contributed by atoms with E-state index in [2.05, 4.69) is 32.9 Å². The minimum atomic E-state index is -0.258. The SMILES string of the molecule is CC(C)(C)C1CC=C(C2=CC3(CCCCC3)OC2=O)CC1. The normalized spacial score (nSPS) is 29.1. The summed E-state index contributed by atoms with van der Waals surface area (Å²) in [6.45, 7) is 6.95. The van der Waals surface area contributed by atoms with Crippen LogP contribution in [0.5, 0.6) is 0 Å². The molecule has 1 atom stereocenters. The lowest BCUT2D eigenvalue weighted by Gasteiger charge is -2.33. The molecule has 1 heterocycles. The van der Waals surface area contributed by atoms with Crippen molar-refractivity contribution in [3.8, 4) is 0 Å². The second-order valence-electron chi connectivity index (χ2n) is 8.14. The van der Waals surface area contributed by atoms with Crippen molar-refractivity contribution in [2.24, 2.45) is 11.3 Å². The zero-order chi connectivity index (χ0) is 15.1. The van der Waals surface area contributed by atoms with Gasteiger partial charge in [-0.2, -0.15) is 0 Å². The maximum Gasteiger partial charge on any atom is 0.339 e. The molecule has 1 spiro atoms. The molecule has 0 N–H and O–H groups in total. The predicted octanol–water partition coefficient (Wildman–Crippen LogP) is 4.95. The van der Waals surface area contributed by atoms with Gasteiger partial charge in [-0.3, -0.25) is 0 Å². The molecule has 2 nitrogen and oxygen atoms in total. The van der Waals surface area contributed by atoms with Gasteiger partial charge in [-0.1, -0.05) is 33.3 Å². The summed E-state index contributed by atoms with van der Waals surface area (Å²) in [6.07, 6.45) is 13.4. The number of carbonyl (C=O) groups is 1. The maximum absolute atomic E-state index is 12.3. The van der Waals surface area contributed by atoms with Gasteiger partial charge < -0.3 is 4.74 Å². The van der Waals surface area contributed by atoms with Crippen molar-refractivity contribution in [1.82, 2.24) is 0 Å². The van der Waals surface area contributed by atoms with E-state index in [0.29, 0.717) is 5.41 Å². The molecule has 1 unspecified atom stereocenters. The second-order valence-corrected chi connectivity index (χ2v) is 8.14. The zero-order valence-corrected chi connectivity index (χ0v) is 13.7. The van der Waals surface area contributed by atoms with E-state index in [9.17, 15) is 4.79 Å². The minimum absolute atomic E-state index is 0.0719. The summed E-state index contributed by atoms with van der Waals surface area (Å²) in [5.41, 5.74) is 2.22. The van der Waals surface area contributed by atoms with Crippen molar-refractivity contribution >= 4 is 5.97 Å². The van der Waals surface area contributed by atoms with E-state index in [4.69, 9.17) is 4.74 Å². The first-order valence-electron chi connectivity index (χ1n) is 8.55. The number of ether oxygens (including phenoxy) is 1. The molecule has 3 aliphatic rings. The van der Waals surface area contributed by atoms with Crippen LogP contribution in [0.25, 0.3) is 0 Å². The molecule has 0 aromatic rings. The quantitative estimate of drug-likeness (QED) is 0.638. The van der Waals surface area contributed by atoms with Gasteiger partial charge in [0.25, 0.3) is 0 Å². The molecular formula is C19H28O2. The van der Waals surface area contributed by atoms with E-state index in [1.165, 1.54) is 31.3 Å². The first-order valence-corrected chi connectivity index (χ1v) is 8.55. The van der Waals surface area contributed by atoms with Crippen LogP contribution in [-0.2, 0) is 9.53 Å². The standard InChI is InChI=1S/C19H28O2/c1-18(2,3)15-9-7-14(8-10-15)16-13-19(21-17(16)20)11-5-4-6-12-19/h7,13,15H,4-6,8-12H2,1-3H3. The van der Waals surface area contributed by atoms with Crippen molar-refractivity contribution < 1.29 is 9.53 Å². The molecule has 3 rings (SSSR count). The fourth-order valence-electron chi connectivity index (χ4n) is 4.08. The van der Waals surface area contributed by atoms with Crippen molar-refractivity contribution in [2.75, 3.05) is 0 Å². The van der Waals surface area contributed by atoms with Gasteiger partial charge in [-0.25, -0.2) is 4.79 Å². The van der Waals surface area contributed by atoms with Crippen LogP contribution in [0.3, 0.4) is 0 Å². The van der Waals surface area contributed by atoms with Crippen molar-refractivity contribution in [2.45, 2.75) is 77.7 Å². The minimum Gasteiger partial charge on any atom is -0.451 e. The largest absolute Gasteiger partial charge is 0.451 e. The Morgan fingerprint density at radius 1 is 1.19 bits per heavy atom. The summed E-state index contributed by atoms with van der Waals surface area (Å²) < 4.78 is 5.78. The van der Waals surface area contributed by atoms with Gasteiger partial charge in [-0.05, 0) is 67.9 Å². The highest BCUT2D eigenvalue weighted by molar-refractivity contribution is 5.96. The van der Waals surface area contributed by atoms with Crippen LogP contribution in [0.2, 0.25) is 0 Å². The first kappa shape index (κ1) is 14.9. The Hall–Kier alpha value is -1.05. The van der Waals surface area contributed by atoms with Gasteiger partial charge in [0.05, 0.1) is 5.57 Å². The van der Waals surface area contributed by atoms with Crippen LogP contribution in [0.15, 0.2) is 23.3 Å². The summed E-state index contributed by atoms with van der Waals surface area (Å²) in [4.78, 5) is 12.3. The number of hydrogen-bond donors (Lipinski definition) is 0. The topological polar surface area (TPSA) is 26.3 Å². The molecule has 0 radical (unpaired) electrons. The molecule has 21 heavy (non-hydrogen) atoms. The molecule has 1 saturated carbocycles. The molecule has 0 saturated heterocycles. The first-order chi connectivity index (χ1) is 9.90. The van der Waals surface area contributed by atoms with Crippen LogP contribution < -0.4 is 0 Å². The van der Waals surface area contributed by atoms with Crippen LogP contribution in [0, 0.1) is 11.3 Å². The molecule has 1 fully saturated rings. The van der Waals surface area contributed by atoms with E-state index in [0.717, 1.165) is 37.2 Å². The third kappa shape index (κ3) is 2.95. The lowest BCUT2D eigenvalue weighted by molar-refractivity contribution is -0.148. The lowest BCUT2D eigenvalue weighted by Crippen LogP contribution is -2.30. The number of carbonyl (C=O) groups excluding carboxylic acids is 1. The summed E-state index contributed by atoms with van der Waals surface area (Å²) in [6, 6.07) is 0. The molecule has 116 valence electrons. The Bertz CT molecular complexity index is 484. The Morgan fingerprint density at radius 3 is 2.48 bits per heavy atom.